The molecule has 0 spiro atoms. The first-order valence-electron chi connectivity index (χ1n) is 35.4. The predicted octanol–water partition coefficient (Wildman–Crippen LogP) is 1.07. The normalized spacial score (nSPS) is 13.1. The third-order valence-corrected chi connectivity index (χ3v) is 15.7. The highest BCUT2D eigenvalue weighted by molar-refractivity contribution is 5.99. The molecule has 7 amide bonds. The van der Waals surface area contributed by atoms with Gasteiger partial charge in [-0.3, -0.25) is 57.5 Å². The van der Waals surface area contributed by atoms with Crippen LogP contribution in [0.15, 0.2) is 0 Å². The molecule has 0 radical (unpaired) electrons. The molecule has 0 aromatic rings. The Morgan fingerprint density at radius 2 is 0.619 bits per heavy atom. The van der Waals surface area contributed by atoms with Crippen molar-refractivity contribution in [2.24, 2.45) is 47.0 Å². The Hall–Kier alpha value is -5.76. The molecule has 29 heteroatoms. The van der Waals surface area contributed by atoms with Gasteiger partial charge in [-0.1, -0.05) is 72.6 Å². The molecule has 0 rings (SSSR count). The zero-order valence-electron chi connectivity index (χ0n) is 59.6. The number of nitrogens with two attached hydrogens (primary N) is 2. The maximum absolute atomic E-state index is 14.8. The molecule has 29 nitrogen and oxygen atoms in total. The van der Waals surface area contributed by atoms with Gasteiger partial charge in [-0.05, 0) is 19.3 Å². The van der Waals surface area contributed by atoms with Crippen molar-refractivity contribution in [3.63, 3.8) is 0 Å². The number of hydrogen-bond donors (Lipinski definition) is 11. The van der Waals surface area contributed by atoms with Gasteiger partial charge < -0.3 is 87.7 Å². The number of nitrogens with one attached hydrogen (secondary N) is 9. The van der Waals surface area contributed by atoms with E-state index < -0.39 is 164 Å². The third kappa shape index (κ3) is 51.1. The molecule has 0 saturated carbocycles. The minimum absolute atomic E-state index is 0.0456. The summed E-state index contributed by atoms with van der Waals surface area (Å²) in [7, 11) is 3.12. The van der Waals surface area contributed by atoms with Crippen molar-refractivity contribution < 1.29 is 86.0 Å². The first-order valence-corrected chi connectivity index (χ1v) is 35.4. The summed E-state index contributed by atoms with van der Waals surface area (Å²) < 4.78 is 31.8. The molecule has 0 aromatic carbocycles. The van der Waals surface area contributed by atoms with Crippen molar-refractivity contribution in [1.29, 1.82) is 0 Å². The van der Waals surface area contributed by atoms with E-state index in [0.29, 0.717) is 91.6 Å². The standard InChI is InChI=1S/C68H125N11O18/c1-7-10-13-15-20-73-62(85)48-53(61(84)47-55(67(90)78-27-25-72-23-18-70)44-59(82)45-56(68(91)76-19-12-9-3)50-64(87)74-26-24-71-22-17-69)42-58(81)43-54(66(89)77-21-16-14-11-8-2)46-60(83)52(49-63(86)75-28-30-94-36-38-96-34-32-92-5)41-57(80)40-51(4)65(88)79-29-31-95-37-39-97-35-33-93-6/h51-56,71-72H,7-50,69-70H2,1-6H3,(H,73,85)(H,74,87)(H,75,86)(H,76,91)(H,77,89)(H,78,90)(H,79,88). The zero-order chi connectivity index (χ0) is 72.1. The number of Topliss-reactive ketones (excluding diaryl/α,β-unsaturated/α-hetero) is 5. The van der Waals surface area contributed by atoms with Crippen molar-refractivity contribution in [2.45, 2.75) is 163 Å². The topological polar surface area (TPSA) is 421 Å². The van der Waals surface area contributed by atoms with Gasteiger partial charge in [0.15, 0.2) is 0 Å². The Morgan fingerprint density at radius 3 is 1.05 bits per heavy atom. The quantitative estimate of drug-likeness (QED) is 0.0379. The summed E-state index contributed by atoms with van der Waals surface area (Å²) in [6, 6.07) is 0. The number of ketones is 5. The monoisotopic (exact) mass is 1380 g/mol. The van der Waals surface area contributed by atoms with E-state index in [0.717, 1.165) is 44.9 Å². The molecule has 0 aliphatic rings. The Bertz CT molecular complexity index is 2220. The molecule has 0 aliphatic carbocycles. The average Bonchev–Trinajstić information content (AvgIpc) is 0.899. The number of rotatable bonds is 69. The van der Waals surface area contributed by atoms with Crippen molar-refractivity contribution in [3.05, 3.63) is 0 Å². The number of carbonyl (C=O) groups excluding carboxylic acids is 12. The third-order valence-electron chi connectivity index (χ3n) is 15.7. The number of hydrogen-bond acceptors (Lipinski definition) is 22. The second-order valence-corrected chi connectivity index (χ2v) is 24.4. The molecular weight excluding hydrogens is 1260 g/mol. The van der Waals surface area contributed by atoms with E-state index in [2.05, 4.69) is 47.9 Å². The minimum atomic E-state index is -1.38. The fourth-order valence-electron chi connectivity index (χ4n) is 10.1. The van der Waals surface area contributed by atoms with Crippen LogP contribution in [-0.2, 0) is 86.0 Å². The van der Waals surface area contributed by atoms with E-state index in [4.69, 9.17) is 39.9 Å². The first-order chi connectivity index (χ1) is 46.8. The van der Waals surface area contributed by atoms with Crippen LogP contribution in [0.1, 0.15) is 163 Å². The van der Waals surface area contributed by atoms with Gasteiger partial charge in [-0.2, -0.15) is 0 Å². The Balaban J connectivity index is 7.21. The predicted molar refractivity (Wildman–Crippen MR) is 368 cm³/mol. The van der Waals surface area contributed by atoms with Gasteiger partial charge in [0.05, 0.1) is 83.8 Å². The summed E-state index contributed by atoms with van der Waals surface area (Å²) in [6.45, 7) is 14.3. The van der Waals surface area contributed by atoms with Crippen LogP contribution in [0.3, 0.4) is 0 Å². The van der Waals surface area contributed by atoms with Crippen LogP contribution in [0.5, 0.6) is 0 Å². The van der Waals surface area contributed by atoms with Crippen LogP contribution in [0.25, 0.3) is 0 Å². The largest absolute Gasteiger partial charge is 0.382 e. The molecule has 0 heterocycles. The average molecular weight is 1380 g/mol. The molecule has 0 fully saturated rings. The summed E-state index contributed by atoms with van der Waals surface area (Å²) in [5.41, 5.74) is 11.2. The number of unbranched alkanes of at least 4 members (excludes halogenated alkanes) is 7. The summed E-state index contributed by atoms with van der Waals surface area (Å²) >= 11 is 0. The van der Waals surface area contributed by atoms with Gasteiger partial charge >= 0.3 is 0 Å². The van der Waals surface area contributed by atoms with E-state index in [-0.39, 0.29) is 91.7 Å². The fraction of sp³-hybridized carbons (Fsp3) is 0.824. The summed E-state index contributed by atoms with van der Waals surface area (Å²) in [6.07, 6.45) is 2.37. The maximum Gasteiger partial charge on any atom is 0.224 e. The molecule has 6 atom stereocenters. The highest BCUT2D eigenvalue weighted by atomic mass is 16.5. The Morgan fingerprint density at radius 1 is 0.299 bits per heavy atom. The molecule has 97 heavy (non-hydrogen) atoms. The Labute approximate surface area is 576 Å². The van der Waals surface area contributed by atoms with E-state index in [9.17, 15) is 57.5 Å². The van der Waals surface area contributed by atoms with Gasteiger partial charge in [0.25, 0.3) is 0 Å². The number of ether oxygens (including phenoxy) is 6. The van der Waals surface area contributed by atoms with Crippen molar-refractivity contribution in [2.75, 3.05) is 165 Å². The van der Waals surface area contributed by atoms with Crippen molar-refractivity contribution in [1.82, 2.24) is 47.9 Å². The molecule has 0 aromatic heterocycles. The van der Waals surface area contributed by atoms with Crippen molar-refractivity contribution in [3.8, 4) is 0 Å². The van der Waals surface area contributed by atoms with Crippen LogP contribution in [0.4, 0.5) is 0 Å². The van der Waals surface area contributed by atoms with Crippen LogP contribution in [-0.4, -0.2) is 236 Å². The highest BCUT2D eigenvalue weighted by Crippen LogP contribution is 2.26. The lowest BCUT2D eigenvalue weighted by Gasteiger charge is -2.23. The summed E-state index contributed by atoms with van der Waals surface area (Å²) in [5, 5.41) is 25.5. The first kappa shape index (κ1) is 91.2. The number of carbonyl (C=O) groups is 12. The van der Waals surface area contributed by atoms with Gasteiger partial charge in [-0.25, -0.2) is 0 Å². The SMILES string of the molecule is CCCCCCNC(=O)CC(CC(=O)CC(CC(=O)C(CC(=O)CC(C)C(=O)NCCOCCOCCOC)CC(=O)NCCOCCOCCOC)C(=O)NCCCCCC)C(=O)CC(CC(=O)CC(CC(=O)NCCNCCN)C(=O)NCCCC)C(=O)NCCNCCN. The van der Waals surface area contributed by atoms with Gasteiger partial charge in [-0.15, -0.1) is 0 Å². The van der Waals surface area contributed by atoms with E-state index in [1.165, 1.54) is 0 Å². The summed E-state index contributed by atoms with van der Waals surface area (Å²) in [4.78, 5) is 168. The lowest BCUT2D eigenvalue weighted by atomic mass is 9.82. The van der Waals surface area contributed by atoms with Crippen LogP contribution < -0.4 is 59.3 Å². The second kappa shape index (κ2) is 62.5. The molecule has 0 saturated heterocycles. The molecule has 13 N–H and O–H groups in total. The maximum atomic E-state index is 14.8. The minimum Gasteiger partial charge on any atom is -0.382 e. The molecule has 6 unspecified atom stereocenters. The second-order valence-electron chi connectivity index (χ2n) is 24.4. The van der Waals surface area contributed by atoms with Crippen LogP contribution in [0.2, 0.25) is 0 Å². The van der Waals surface area contributed by atoms with Crippen LogP contribution >= 0.6 is 0 Å². The fourth-order valence-corrected chi connectivity index (χ4v) is 10.1. The van der Waals surface area contributed by atoms with Gasteiger partial charge in [0, 0.05) is 188 Å². The van der Waals surface area contributed by atoms with Gasteiger partial charge in [0.1, 0.15) is 28.9 Å². The van der Waals surface area contributed by atoms with Crippen LogP contribution in [0, 0.1) is 35.5 Å². The van der Waals surface area contributed by atoms with Gasteiger partial charge in [0.2, 0.25) is 41.4 Å². The summed E-state index contributed by atoms with van der Waals surface area (Å²) in [5.74, 6) is -14.5. The molecule has 0 aliphatic heterocycles. The smallest absolute Gasteiger partial charge is 0.224 e. The highest BCUT2D eigenvalue weighted by Gasteiger charge is 2.36. The van der Waals surface area contributed by atoms with Crippen molar-refractivity contribution >= 4 is 70.3 Å². The van der Waals surface area contributed by atoms with E-state index in [1.807, 2.05) is 20.8 Å². The number of methoxy groups -OCH3 is 2. The molecular formula is C68H125N11O18. The number of amides is 7. The zero-order valence-corrected chi connectivity index (χ0v) is 59.6. The lowest BCUT2D eigenvalue weighted by molar-refractivity contribution is -0.138. The van der Waals surface area contributed by atoms with E-state index in [1.54, 1.807) is 21.1 Å². The molecule has 0 bridgehead atoms. The van der Waals surface area contributed by atoms with E-state index >= 15 is 0 Å². The molecule has 560 valence electrons. The lowest BCUT2D eigenvalue weighted by Crippen LogP contribution is -2.40. The Kier molecular flexibility index (Phi) is 58.8.